The highest BCUT2D eigenvalue weighted by Gasteiger charge is 2.09. The molecular formula is C18H14ClNO. The predicted molar refractivity (Wildman–Crippen MR) is 87.8 cm³/mol. The van der Waals surface area contributed by atoms with Crippen LogP contribution in [0.3, 0.4) is 0 Å². The molecule has 0 atom stereocenters. The van der Waals surface area contributed by atoms with Crippen LogP contribution < -0.4 is 10.5 Å². The lowest BCUT2D eigenvalue weighted by molar-refractivity contribution is 0.487. The van der Waals surface area contributed by atoms with E-state index in [0.29, 0.717) is 16.5 Å². The second-order valence-corrected chi connectivity index (χ2v) is 5.02. The molecule has 3 rings (SSSR count). The number of rotatable bonds is 3. The molecule has 0 amide bonds. The van der Waals surface area contributed by atoms with Gasteiger partial charge in [0.05, 0.1) is 10.7 Å². The van der Waals surface area contributed by atoms with Crippen molar-refractivity contribution in [1.82, 2.24) is 0 Å². The van der Waals surface area contributed by atoms with Crippen LogP contribution in [0.4, 0.5) is 5.69 Å². The highest BCUT2D eigenvalue weighted by molar-refractivity contribution is 6.33. The van der Waals surface area contributed by atoms with Gasteiger partial charge in [0.25, 0.3) is 0 Å². The van der Waals surface area contributed by atoms with Gasteiger partial charge in [-0.15, -0.1) is 0 Å². The van der Waals surface area contributed by atoms with Crippen molar-refractivity contribution in [3.8, 4) is 22.6 Å². The molecule has 0 aliphatic rings. The van der Waals surface area contributed by atoms with Gasteiger partial charge in [-0.1, -0.05) is 66.2 Å². The standard InChI is InChI=1S/C18H14ClNO/c19-15-10-6-12-17(18(15)20)21-16-11-5-4-9-14(16)13-7-2-1-3-8-13/h1-12H,20H2. The summed E-state index contributed by atoms with van der Waals surface area (Å²) < 4.78 is 5.97. The van der Waals surface area contributed by atoms with E-state index in [0.717, 1.165) is 16.9 Å². The molecule has 21 heavy (non-hydrogen) atoms. The van der Waals surface area contributed by atoms with Gasteiger partial charge in [-0.2, -0.15) is 0 Å². The number of hydrogen-bond acceptors (Lipinski definition) is 2. The predicted octanol–water partition coefficient (Wildman–Crippen LogP) is 5.38. The fraction of sp³-hybridized carbons (Fsp3) is 0. The van der Waals surface area contributed by atoms with E-state index >= 15 is 0 Å². The third kappa shape index (κ3) is 2.86. The Morgan fingerprint density at radius 3 is 2.19 bits per heavy atom. The number of para-hydroxylation sites is 2. The molecule has 0 aliphatic carbocycles. The Balaban J connectivity index is 2.02. The zero-order chi connectivity index (χ0) is 14.7. The van der Waals surface area contributed by atoms with E-state index in [1.165, 1.54) is 0 Å². The molecule has 0 aromatic heterocycles. The number of anilines is 1. The second kappa shape index (κ2) is 5.90. The molecule has 0 unspecified atom stereocenters. The van der Waals surface area contributed by atoms with Gasteiger partial charge in [0.15, 0.2) is 5.75 Å². The highest BCUT2D eigenvalue weighted by Crippen LogP contribution is 2.37. The number of nitrogen functional groups attached to an aromatic ring is 1. The van der Waals surface area contributed by atoms with Crippen LogP contribution in [0.15, 0.2) is 72.8 Å². The summed E-state index contributed by atoms with van der Waals surface area (Å²) >= 11 is 6.03. The fourth-order valence-corrected chi connectivity index (χ4v) is 2.30. The van der Waals surface area contributed by atoms with Crippen LogP contribution in [0.1, 0.15) is 0 Å². The third-order valence-corrected chi connectivity index (χ3v) is 3.53. The molecule has 0 saturated heterocycles. The van der Waals surface area contributed by atoms with E-state index in [4.69, 9.17) is 22.1 Å². The molecule has 0 heterocycles. The van der Waals surface area contributed by atoms with Gasteiger partial charge < -0.3 is 10.5 Å². The summed E-state index contributed by atoms with van der Waals surface area (Å²) in [7, 11) is 0. The maximum atomic E-state index is 6.03. The van der Waals surface area contributed by atoms with Gasteiger partial charge in [-0.3, -0.25) is 0 Å². The molecule has 0 radical (unpaired) electrons. The Hall–Kier alpha value is -2.45. The summed E-state index contributed by atoms with van der Waals surface area (Å²) in [6.45, 7) is 0. The maximum absolute atomic E-state index is 6.03. The largest absolute Gasteiger partial charge is 0.454 e. The van der Waals surface area contributed by atoms with Gasteiger partial charge in [0, 0.05) is 5.56 Å². The molecule has 2 N–H and O–H groups in total. The van der Waals surface area contributed by atoms with Crippen LogP contribution in [0.5, 0.6) is 11.5 Å². The number of nitrogens with two attached hydrogens (primary N) is 1. The maximum Gasteiger partial charge on any atom is 0.151 e. The lowest BCUT2D eigenvalue weighted by atomic mass is 10.0. The number of benzene rings is 3. The second-order valence-electron chi connectivity index (χ2n) is 4.62. The van der Waals surface area contributed by atoms with E-state index in [1.54, 1.807) is 6.07 Å². The van der Waals surface area contributed by atoms with Crippen LogP contribution in [0.2, 0.25) is 5.02 Å². The summed E-state index contributed by atoms with van der Waals surface area (Å²) in [4.78, 5) is 0. The first kappa shape index (κ1) is 13.5. The normalized spacial score (nSPS) is 10.3. The summed E-state index contributed by atoms with van der Waals surface area (Å²) in [5.74, 6) is 1.31. The molecule has 3 heteroatoms. The van der Waals surface area contributed by atoms with E-state index in [-0.39, 0.29) is 0 Å². The van der Waals surface area contributed by atoms with Crippen LogP contribution in [0.25, 0.3) is 11.1 Å². The van der Waals surface area contributed by atoms with E-state index < -0.39 is 0 Å². The summed E-state index contributed by atoms with van der Waals surface area (Å²) in [5, 5.41) is 0.490. The van der Waals surface area contributed by atoms with Gasteiger partial charge in [-0.05, 0) is 23.8 Å². The lowest BCUT2D eigenvalue weighted by Gasteiger charge is -2.13. The average Bonchev–Trinajstić information content (AvgIpc) is 2.53. The molecule has 0 fully saturated rings. The molecule has 2 nitrogen and oxygen atoms in total. The molecule has 3 aromatic rings. The third-order valence-electron chi connectivity index (χ3n) is 3.20. The zero-order valence-corrected chi connectivity index (χ0v) is 12.0. The molecule has 104 valence electrons. The summed E-state index contributed by atoms with van der Waals surface area (Å²) in [5.41, 5.74) is 8.51. The molecular weight excluding hydrogens is 282 g/mol. The highest BCUT2D eigenvalue weighted by atomic mass is 35.5. The van der Waals surface area contributed by atoms with Crippen LogP contribution in [-0.2, 0) is 0 Å². The average molecular weight is 296 g/mol. The lowest BCUT2D eigenvalue weighted by Crippen LogP contribution is -1.94. The molecule has 0 spiro atoms. The first-order valence-corrected chi connectivity index (χ1v) is 7.00. The minimum absolute atomic E-state index is 0.446. The van der Waals surface area contributed by atoms with E-state index in [2.05, 4.69) is 0 Å². The Labute approximate surface area is 128 Å². The van der Waals surface area contributed by atoms with Crippen molar-refractivity contribution < 1.29 is 4.74 Å². The van der Waals surface area contributed by atoms with Crippen molar-refractivity contribution >= 4 is 17.3 Å². The van der Waals surface area contributed by atoms with Crippen LogP contribution in [-0.4, -0.2) is 0 Å². The van der Waals surface area contributed by atoms with E-state index in [1.807, 2.05) is 66.7 Å². The minimum Gasteiger partial charge on any atom is -0.454 e. The molecule has 0 saturated carbocycles. The van der Waals surface area contributed by atoms with Crippen molar-refractivity contribution in [3.05, 3.63) is 77.8 Å². The quantitative estimate of drug-likeness (QED) is 0.658. The number of halogens is 1. The molecule has 0 bridgehead atoms. The topological polar surface area (TPSA) is 35.2 Å². The van der Waals surface area contributed by atoms with Gasteiger partial charge in [0.1, 0.15) is 5.75 Å². The van der Waals surface area contributed by atoms with Gasteiger partial charge in [-0.25, -0.2) is 0 Å². The first-order valence-electron chi connectivity index (χ1n) is 6.62. The SMILES string of the molecule is Nc1c(Cl)cccc1Oc1ccccc1-c1ccccc1. The number of hydrogen-bond donors (Lipinski definition) is 1. The van der Waals surface area contributed by atoms with Crippen LogP contribution in [0, 0.1) is 0 Å². The minimum atomic E-state index is 0.446. The monoisotopic (exact) mass is 295 g/mol. The van der Waals surface area contributed by atoms with Gasteiger partial charge in [0.2, 0.25) is 0 Å². The Morgan fingerprint density at radius 1 is 0.714 bits per heavy atom. The van der Waals surface area contributed by atoms with E-state index in [9.17, 15) is 0 Å². The van der Waals surface area contributed by atoms with Gasteiger partial charge >= 0.3 is 0 Å². The van der Waals surface area contributed by atoms with Crippen molar-refractivity contribution in [2.24, 2.45) is 0 Å². The molecule has 3 aromatic carbocycles. The molecule has 0 aliphatic heterocycles. The van der Waals surface area contributed by atoms with Crippen molar-refractivity contribution in [2.45, 2.75) is 0 Å². The van der Waals surface area contributed by atoms with Crippen molar-refractivity contribution in [2.75, 3.05) is 5.73 Å². The summed E-state index contributed by atoms with van der Waals surface area (Å²) in [6.07, 6.45) is 0. The zero-order valence-electron chi connectivity index (χ0n) is 11.3. The van der Waals surface area contributed by atoms with Crippen molar-refractivity contribution in [1.29, 1.82) is 0 Å². The summed E-state index contributed by atoms with van der Waals surface area (Å²) in [6, 6.07) is 23.3. The Kier molecular flexibility index (Phi) is 3.80. The Morgan fingerprint density at radius 2 is 1.38 bits per heavy atom. The van der Waals surface area contributed by atoms with Crippen LogP contribution >= 0.6 is 11.6 Å². The smallest absolute Gasteiger partial charge is 0.151 e. The fourth-order valence-electron chi connectivity index (χ4n) is 2.14. The Bertz CT molecular complexity index is 756. The number of ether oxygens (including phenoxy) is 1. The van der Waals surface area contributed by atoms with Crippen molar-refractivity contribution in [3.63, 3.8) is 0 Å². The first-order chi connectivity index (χ1) is 10.3.